The Morgan fingerprint density at radius 2 is 1.75 bits per heavy atom. The van der Waals surface area contributed by atoms with Gasteiger partial charge in [-0.2, -0.15) is 0 Å². The van der Waals surface area contributed by atoms with Gasteiger partial charge in [-0.15, -0.1) is 11.3 Å². The van der Waals surface area contributed by atoms with Gasteiger partial charge in [0.2, 0.25) is 11.8 Å². The Bertz CT molecular complexity index is 843. The first-order chi connectivity index (χ1) is 15.0. The molecule has 178 valence electrons. The molecule has 2 amide bonds. The van der Waals surface area contributed by atoms with Gasteiger partial charge in [0.15, 0.2) is 0 Å². The van der Waals surface area contributed by atoms with Crippen molar-refractivity contribution < 1.29 is 19.5 Å². The summed E-state index contributed by atoms with van der Waals surface area (Å²) in [5.41, 5.74) is 0.231. The molecule has 2 aliphatic rings. The number of nitrogens with zero attached hydrogens (tertiary/aromatic N) is 2. The van der Waals surface area contributed by atoms with Crippen LogP contribution in [0.5, 0.6) is 0 Å². The van der Waals surface area contributed by atoms with Gasteiger partial charge < -0.3 is 14.9 Å². The highest BCUT2D eigenvalue weighted by atomic mass is 32.1. The standard InChI is InChI=1S/C25H38N2O4S/c1-16-8-10-18(11-9-16)23(29)27(17(2)14-21(28)26-12-6-7-13-26)19-15-20(25(3,4)5)32-22(19)24(30)31/h15-18H,6-14H2,1-5H3,(H,30,31). The minimum absolute atomic E-state index is 0.0284. The molecule has 2 fully saturated rings. The Kier molecular flexibility index (Phi) is 7.69. The molecule has 1 unspecified atom stereocenters. The lowest BCUT2D eigenvalue weighted by Crippen LogP contribution is -2.46. The zero-order valence-electron chi connectivity index (χ0n) is 20.1. The summed E-state index contributed by atoms with van der Waals surface area (Å²) in [4.78, 5) is 43.5. The number of amides is 2. The van der Waals surface area contributed by atoms with Gasteiger partial charge in [-0.3, -0.25) is 9.59 Å². The molecule has 1 atom stereocenters. The van der Waals surface area contributed by atoms with Crippen LogP contribution in [-0.2, 0) is 15.0 Å². The lowest BCUT2D eigenvalue weighted by Gasteiger charge is -2.35. The van der Waals surface area contributed by atoms with Crippen molar-refractivity contribution in [1.29, 1.82) is 0 Å². The Morgan fingerprint density at radius 3 is 2.28 bits per heavy atom. The van der Waals surface area contributed by atoms with Crippen LogP contribution in [0.15, 0.2) is 6.07 Å². The molecule has 32 heavy (non-hydrogen) atoms. The van der Waals surface area contributed by atoms with E-state index >= 15 is 0 Å². The van der Waals surface area contributed by atoms with Crippen molar-refractivity contribution in [3.05, 3.63) is 15.8 Å². The van der Waals surface area contributed by atoms with E-state index in [-0.39, 0.29) is 34.4 Å². The summed E-state index contributed by atoms with van der Waals surface area (Å²) in [6.07, 6.45) is 5.91. The number of carboxylic acids is 1. The number of rotatable bonds is 6. The van der Waals surface area contributed by atoms with Gasteiger partial charge in [0, 0.05) is 36.3 Å². The van der Waals surface area contributed by atoms with E-state index < -0.39 is 12.0 Å². The smallest absolute Gasteiger partial charge is 0.348 e. The lowest BCUT2D eigenvalue weighted by atomic mass is 9.82. The largest absolute Gasteiger partial charge is 0.477 e. The molecule has 1 aliphatic heterocycles. The molecule has 1 aromatic heterocycles. The monoisotopic (exact) mass is 462 g/mol. The number of likely N-dealkylation sites (tertiary alicyclic amines) is 1. The predicted octanol–water partition coefficient (Wildman–Crippen LogP) is 5.30. The van der Waals surface area contributed by atoms with Crippen molar-refractivity contribution in [3.63, 3.8) is 0 Å². The van der Waals surface area contributed by atoms with Crippen LogP contribution in [0.3, 0.4) is 0 Å². The zero-order valence-corrected chi connectivity index (χ0v) is 21.0. The molecule has 7 heteroatoms. The Morgan fingerprint density at radius 1 is 1.16 bits per heavy atom. The quantitative estimate of drug-likeness (QED) is 0.622. The summed E-state index contributed by atoms with van der Waals surface area (Å²) in [5, 5.41) is 9.95. The summed E-state index contributed by atoms with van der Waals surface area (Å²) < 4.78 is 0. The minimum Gasteiger partial charge on any atom is -0.477 e. The van der Waals surface area contributed by atoms with E-state index in [9.17, 15) is 19.5 Å². The van der Waals surface area contributed by atoms with Crippen LogP contribution in [-0.4, -0.2) is 46.9 Å². The van der Waals surface area contributed by atoms with Gasteiger partial charge in [0.1, 0.15) is 4.88 Å². The molecule has 1 saturated carbocycles. The first-order valence-electron chi connectivity index (χ1n) is 12.0. The highest BCUT2D eigenvalue weighted by Gasteiger charge is 2.36. The molecule has 1 aromatic rings. The number of carbonyl (C=O) groups is 3. The summed E-state index contributed by atoms with van der Waals surface area (Å²) in [6.45, 7) is 11.8. The number of hydrogen-bond acceptors (Lipinski definition) is 4. The molecule has 3 rings (SSSR count). The van der Waals surface area contributed by atoms with Crippen molar-refractivity contribution in [3.8, 4) is 0 Å². The van der Waals surface area contributed by atoms with Gasteiger partial charge >= 0.3 is 5.97 Å². The second-order valence-electron chi connectivity index (χ2n) is 10.7. The highest BCUT2D eigenvalue weighted by molar-refractivity contribution is 7.14. The maximum absolute atomic E-state index is 13.8. The van der Waals surface area contributed by atoms with Gasteiger partial charge in [0.05, 0.1) is 5.69 Å². The third-order valence-electron chi connectivity index (χ3n) is 6.88. The Labute approximate surface area is 196 Å². The molecular weight excluding hydrogens is 424 g/mol. The zero-order chi connectivity index (χ0) is 23.6. The van der Waals surface area contributed by atoms with Crippen molar-refractivity contribution in [1.82, 2.24) is 4.90 Å². The molecule has 1 N–H and O–H groups in total. The van der Waals surface area contributed by atoms with Gasteiger partial charge in [0.25, 0.3) is 0 Å². The van der Waals surface area contributed by atoms with E-state index in [2.05, 4.69) is 6.92 Å². The SMILES string of the molecule is CC1CCC(C(=O)N(c2cc(C(C)(C)C)sc2C(=O)O)C(C)CC(=O)N2CCCC2)CC1. The van der Waals surface area contributed by atoms with Gasteiger partial charge in [-0.05, 0) is 62.8 Å². The molecule has 1 saturated heterocycles. The Hall–Kier alpha value is -1.89. The van der Waals surface area contributed by atoms with Crippen LogP contribution in [0.2, 0.25) is 0 Å². The fourth-order valence-corrected chi connectivity index (χ4v) is 5.85. The number of thiophene rings is 1. The summed E-state index contributed by atoms with van der Waals surface area (Å²) in [5.74, 6) is -0.499. The maximum Gasteiger partial charge on any atom is 0.348 e. The van der Waals surface area contributed by atoms with Gasteiger partial charge in [-0.25, -0.2) is 4.79 Å². The maximum atomic E-state index is 13.8. The van der Waals surface area contributed by atoms with Gasteiger partial charge in [-0.1, -0.05) is 27.7 Å². The molecule has 0 bridgehead atoms. The lowest BCUT2D eigenvalue weighted by molar-refractivity contribution is -0.130. The van der Waals surface area contributed by atoms with Crippen LogP contribution in [0.25, 0.3) is 0 Å². The molecule has 6 nitrogen and oxygen atoms in total. The Balaban J connectivity index is 1.96. The molecule has 1 aliphatic carbocycles. The summed E-state index contributed by atoms with van der Waals surface area (Å²) in [7, 11) is 0. The van der Waals surface area contributed by atoms with Crippen molar-refractivity contribution >= 4 is 34.8 Å². The highest BCUT2D eigenvalue weighted by Crippen LogP contribution is 2.40. The predicted molar refractivity (Wildman–Crippen MR) is 128 cm³/mol. The third kappa shape index (κ3) is 5.53. The molecule has 0 aromatic carbocycles. The normalized spacial score (nSPS) is 22.6. The summed E-state index contributed by atoms with van der Waals surface area (Å²) >= 11 is 1.24. The van der Waals surface area contributed by atoms with Crippen molar-refractivity contribution in [2.24, 2.45) is 11.8 Å². The third-order valence-corrected chi connectivity index (χ3v) is 8.42. The number of carbonyl (C=O) groups excluding carboxylic acids is 2. The second kappa shape index (κ2) is 9.94. The topological polar surface area (TPSA) is 77.9 Å². The molecule has 0 spiro atoms. The van der Waals surface area contributed by atoms with E-state index in [1.807, 2.05) is 38.7 Å². The number of anilines is 1. The van der Waals surface area contributed by atoms with Crippen LogP contribution in [0, 0.1) is 11.8 Å². The van der Waals surface area contributed by atoms with Crippen LogP contribution in [0.4, 0.5) is 5.69 Å². The van der Waals surface area contributed by atoms with E-state index in [0.29, 0.717) is 11.6 Å². The first kappa shape index (κ1) is 24.7. The van der Waals surface area contributed by atoms with E-state index in [1.165, 1.54) is 11.3 Å². The fourth-order valence-electron chi connectivity index (χ4n) is 4.80. The molecular formula is C25H38N2O4S. The van der Waals surface area contributed by atoms with E-state index in [4.69, 9.17) is 0 Å². The van der Waals surface area contributed by atoms with Crippen molar-refractivity contribution in [2.75, 3.05) is 18.0 Å². The van der Waals surface area contributed by atoms with Crippen molar-refractivity contribution in [2.45, 2.75) is 91.0 Å². The van der Waals surface area contributed by atoms with Crippen LogP contribution >= 0.6 is 11.3 Å². The number of carboxylic acid groups (broad SMARTS) is 1. The van der Waals surface area contributed by atoms with E-state index in [0.717, 1.165) is 56.5 Å². The average molecular weight is 463 g/mol. The molecule has 2 heterocycles. The fraction of sp³-hybridized carbons (Fsp3) is 0.720. The van der Waals surface area contributed by atoms with Crippen LogP contribution in [0.1, 0.15) is 94.1 Å². The average Bonchev–Trinajstić information content (AvgIpc) is 3.39. The number of hydrogen-bond donors (Lipinski definition) is 1. The number of aromatic carboxylic acids is 1. The minimum atomic E-state index is -1.02. The first-order valence-corrected chi connectivity index (χ1v) is 12.8. The second-order valence-corrected chi connectivity index (χ2v) is 11.7. The summed E-state index contributed by atoms with van der Waals surface area (Å²) in [6, 6.07) is 1.48. The molecule has 0 radical (unpaired) electrons. The van der Waals surface area contributed by atoms with E-state index in [1.54, 1.807) is 4.90 Å². The van der Waals surface area contributed by atoms with Crippen LogP contribution < -0.4 is 4.90 Å².